The third kappa shape index (κ3) is 4.70. The number of hydrogen-bond acceptors (Lipinski definition) is 8. The Hall–Kier alpha value is -2.61. The van der Waals surface area contributed by atoms with Gasteiger partial charge in [0.15, 0.2) is 0 Å². The van der Waals surface area contributed by atoms with Gasteiger partial charge in [0, 0.05) is 32.1 Å². The van der Waals surface area contributed by atoms with Crippen molar-refractivity contribution in [3.8, 4) is 0 Å². The van der Waals surface area contributed by atoms with Gasteiger partial charge in [-0.25, -0.2) is 0 Å². The molecule has 0 aliphatic heterocycles. The molecule has 0 heterocycles. The Labute approximate surface area is 171 Å². The number of benzene rings is 1. The van der Waals surface area contributed by atoms with Gasteiger partial charge in [0.25, 0.3) is 0 Å². The van der Waals surface area contributed by atoms with Gasteiger partial charge in [-0.3, -0.25) is 9.59 Å². The summed E-state index contributed by atoms with van der Waals surface area (Å²) in [6.07, 6.45) is -0.150. The van der Waals surface area contributed by atoms with Crippen molar-refractivity contribution in [2.45, 2.75) is 38.7 Å². The number of aliphatic hydroxyl groups is 1. The molecule has 4 atom stereocenters. The first-order chi connectivity index (χ1) is 13.7. The van der Waals surface area contributed by atoms with E-state index in [0.29, 0.717) is 5.56 Å². The molecule has 0 unspecified atom stereocenters. The highest BCUT2D eigenvalue weighted by Crippen LogP contribution is 2.47. The number of rotatable bonds is 6. The Morgan fingerprint density at radius 3 is 2.17 bits per heavy atom. The van der Waals surface area contributed by atoms with E-state index in [0.717, 1.165) is 5.69 Å². The molecule has 0 radical (unpaired) electrons. The summed E-state index contributed by atoms with van der Waals surface area (Å²) < 4.78 is 10.4. The lowest BCUT2D eigenvalue weighted by molar-refractivity contribution is -0.163. The first-order valence-corrected chi connectivity index (χ1v) is 9.71. The number of carbonyl (C=O) groups excluding carboxylic acids is 2. The molecule has 1 saturated carbocycles. The van der Waals surface area contributed by atoms with Crippen molar-refractivity contribution < 1.29 is 29.4 Å². The summed E-state index contributed by atoms with van der Waals surface area (Å²) in [5.74, 6) is -4.07. The molecule has 0 aromatic heterocycles. The molecule has 0 amide bonds. The standard InChI is InChI=1S/C21H30N2O6/c1-6-28-19(24)17-15(22-27)12-21(3,26)18(20(25)29-7-2)16(17)13-8-10-14(11-9-13)23(4)5/h8-11,16-18,26-27H,6-7,12H2,1-5H3/b22-15+/t16-,17+,18-,21-/m0/s1. The van der Waals surface area contributed by atoms with Crippen LogP contribution in [-0.2, 0) is 19.1 Å². The molecule has 1 aliphatic carbocycles. The molecule has 29 heavy (non-hydrogen) atoms. The Kier molecular flexibility index (Phi) is 7.24. The molecule has 2 rings (SSSR count). The molecule has 1 aromatic rings. The van der Waals surface area contributed by atoms with Gasteiger partial charge < -0.3 is 24.7 Å². The molecule has 1 fully saturated rings. The van der Waals surface area contributed by atoms with Gasteiger partial charge in [0.05, 0.1) is 30.4 Å². The molecular weight excluding hydrogens is 376 g/mol. The van der Waals surface area contributed by atoms with Crippen molar-refractivity contribution in [2.24, 2.45) is 17.0 Å². The molecule has 0 saturated heterocycles. The lowest BCUT2D eigenvalue weighted by Crippen LogP contribution is -2.55. The second-order valence-corrected chi connectivity index (χ2v) is 7.60. The summed E-state index contributed by atoms with van der Waals surface area (Å²) in [6, 6.07) is 7.32. The number of esters is 2. The van der Waals surface area contributed by atoms with E-state index in [1.165, 1.54) is 6.92 Å². The Morgan fingerprint density at radius 1 is 1.14 bits per heavy atom. The summed E-state index contributed by atoms with van der Waals surface area (Å²) in [7, 11) is 3.81. The van der Waals surface area contributed by atoms with Gasteiger partial charge in [-0.15, -0.1) is 0 Å². The largest absolute Gasteiger partial charge is 0.466 e. The number of ether oxygens (including phenoxy) is 2. The van der Waals surface area contributed by atoms with Gasteiger partial charge in [0.1, 0.15) is 5.92 Å². The lowest BCUT2D eigenvalue weighted by Gasteiger charge is -2.44. The molecule has 8 heteroatoms. The number of carbonyl (C=O) groups is 2. The van der Waals surface area contributed by atoms with Crippen LogP contribution in [0, 0.1) is 11.8 Å². The molecule has 1 aliphatic rings. The summed E-state index contributed by atoms with van der Waals surface area (Å²) in [5, 5.41) is 23.9. The van der Waals surface area contributed by atoms with Crippen molar-refractivity contribution in [2.75, 3.05) is 32.2 Å². The summed E-state index contributed by atoms with van der Waals surface area (Å²) in [4.78, 5) is 27.6. The first kappa shape index (κ1) is 22.7. The average Bonchev–Trinajstić information content (AvgIpc) is 2.66. The second kappa shape index (κ2) is 9.26. The zero-order valence-corrected chi connectivity index (χ0v) is 17.6. The molecule has 2 N–H and O–H groups in total. The van der Waals surface area contributed by atoms with Gasteiger partial charge in [-0.2, -0.15) is 0 Å². The van der Waals surface area contributed by atoms with Crippen LogP contribution >= 0.6 is 0 Å². The third-order valence-corrected chi connectivity index (χ3v) is 5.29. The molecular formula is C21H30N2O6. The van der Waals surface area contributed by atoms with Gasteiger partial charge in [0.2, 0.25) is 0 Å². The maximum atomic E-state index is 12.8. The number of anilines is 1. The highest BCUT2D eigenvalue weighted by molar-refractivity contribution is 6.05. The minimum atomic E-state index is -1.57. The summed E-state index contributed by atoms with van der Waals surface area (Å²) in [5.41, 5.74) is 0.0954. The van der Waals surface area contributed by atoms with E-state index in [4.69, 9.17) is 9.47 Å². The lowest BCUT2D eigenvalue weighted by atomic mass is 9.61. The minimum absolute atomic E-state index is 0.0793. The van der Waals surface area contributed by atoms with Crippen LogP contribution in [0.15, 0.2) is 29.4 Å². The van der Waals surface area contributed by atoms with Crippen LogP contribution in [0.2, 0.25) is 0 Å². The van der Waals surface area contributed by atoms with Crippen LogP contribution in [0.4, 0.5) is 5.69 Å². The quantitative estimate of drug-likeness (QED) is 0.423. The van der Waals surface area contributed by atoms with Crippen molar-refractivity contribution in [1.29, 1.82) is 0 Å². The third-order valence-electron chi connectivity index (χ3n) is 5.29. The maximum absolute atomic E-state index is 12.8. The zero-order valence-electron chi connectivity index (χ0n) is 17.6. The van der Waals surface area contributed by atoms with E-state index < -0.39 is 35.3 Å². The van der Waals surface area contributed by atoms with Crippen LogP contribution < -0.4 is 4.90 Å². The van der Waals surface area contributed by atoms with Crippen LogP contribution in [0.3, 0.4) is 0 Å². The molecule has 0 spiro atoms. The first-order valence-electron chi connectivity index (χ1n) is 9.71. The number of nitrogens with zero attached hydrogens (tertiary/aromatic N) is 2. The molecule has 0 bridgehead atoms. The smallest absolute Gasteiger partial charge is 0.315 e. The Balaban J connectivity index is 2.65. The van der Waals surface area contributed by atoms with Gasteiger partial charge in [-0.1, -0.05) is 17.3 Å². The fourth-order valence-electron chi connectivity index (χ4n) is 4.00. The monoisotopic (exact) mass is 406 g/mol. The highest BCUT2D eigenvalue weighted by Gasteiger charge is 2.56. The Morgan fingerprint density at radius 2 is 1.69 bits per heavy atom. The number of hydrogen-bond donors (Lipinski definition) is 2. The summed E-state index contributed by atoms with van der Waals surface area (Å²) in [6.45, 7) is 5.13. The van der Waals surface area contributed by atoms with E-state index in [1.54, 1.807) is 26.0 Å². The van der Waals surface area contributed by atoms with Crippen molar-refractivity contribution in [1.82, 2.24) is 0 Å². The van der Waals surface area contributed by atoms with E-state index >= 15 is 0 Å². The van der Waals surface area contributed by atoms with Crippen molar-refractivity contribution in [3.63, 3.8) is 0 Å². The predicted octanol–water partition coefficient (Wildman–Crippen LogP) is 2.18. The van der Waals surface area contributed by atoms with Crippen LogP contribution in [0.1, 0.15) is 38.7 Å². The van der Waals surface area contributed by atoms with E-state index in [-0.39, 0.29) is 25.3 Å². The average molecular weight is 406 g/mol. The normalized spacial score (nSPS) is 28.1. The SMILES string of the molecule is CCOC(=O)[C@@H]1/C(=N/O)C[C@](C)(O)[C@H](C(=O)OCC)[C@H]1c1ccc(N(C)C)cc1. The van der Waals surface area contributed by atoms with E-state index in [2.05, 4.69) is 5.16 Å². The van der Waals surface area contributed by atoms with Crippen molar-refractivity contribution in [3.05, 3.63) is 29.8 Å². The van der Waals surface area contributed by atoms with Crippen LogP contribution in [-0.4, -0.2) is 60.9 Å². The fraction of sp³-hybridized carbons (Fsp3) is 0.571. The minimum Gasteiger partial charge on any atom is -0.466 e. The van der Waals surface area contributed by atoms with Crippen LogP contribution in [0.25, 0.3) is 0 Å². The zero-order chi connectivity index (χ0) is 21.8. The topological polar surface area (TPSA) is 109 Å². The second-order valence-electron chi connectivity index (χ2n) is 7.60. The summed E-state index contributed by atoms with van der Waals surface area (Å²) >= 11 is 0. The molecule has 1 aromatic carbocycles. The molecule has 160 valence electrons. The Bertz CT molecular complexity index is 757. The van der Waals surface area contributed by atoms with Crippen LogP contribution in [0.5, 0.6) is 0 Å². The van der Waals surface area contributed by atoms with Crippen molar-refractivity contribution >= 4 is 23.3 Å². The molecule has 8 nitrogen and oxygen atoms in total. The fourth-order valence-corrected chi connectivity index (χ4v) is 4.00. The predicted molar refractivity (Wildman–Crippen MR) is 108 cm³/mol. The van der Waals surface area contributed by atoms with Gasteiger partial charge >= 0.3 is 11.9 Å². The van der Waals surface area contributed by atoms with E-state index in [9.17, 15) is 19.9 Å². The maximum Gasteiger partial charge on any atom is 0.315 e. The van der Waals surface area contributed by atoms with Gasteiger partial charge in [-0.05, 0) is 38.5 Å². The number of oxime groups is 1. The van der Waals surface area contributed by atoms with E-state index in [1.807, 2.05) is 31.1 Å². The highest BCUT2D eigenvalue weighted by atomic mass is 16.5.